The molecule has 0 atom stereocenters. The second-order valence-corrected chi connectivity index (χ2v) is 5.82. The lowest BCUT2D eigenvalue weighted by molar-refractivity contribution is 0.480. The Balaban J connectivity index is 2.42. The molecular weight excluding hydrogens is 340 g/mol. The Labute approximate surface area is 131 Å². The first-order valence-corrected chi connectivity index (χ1v) is 7.14. The van der Waals surface area contributed by atoms with Gasteiger partial charge in [-0.2, -0.15) is 0 Å². The van der Waals surface area contributed by atoms with Crippen LogP contribution in [0.4, 0.5) is 0 Å². The van der Waals surface area contributed by atoms with Gasteiger partial charge >= 0.3 is 0 Å². The summed E-state index contributed by atoms with van der Waals surface area (Å²) in [6.07, 6.45) is 0. The minimum Gasteiger partial charge on any atom is -0.457 e. The van der Waals surface area contributed by atoms with E-state index in [-0.39, 0.29) is 5.84 Å². The molecule has 0 aliphatic heterocycles. The molecule has 0 spiro atoms. The highest BCUT2D eigenvalue weighted by Gasteiger charge is 2.10. The van der Waals surface area contributed by atoms with E-state index in [1.807, 2.05) is 32.0 Å². The summed E-state index contributed by atoms with van der Waals surface area (Å²) >= 11 is 9.50. The van der Waals surface area contributed by atoms with Crippen molar-refractivity contribution in [3.05, 3.63) is 56.5 Å². The number of nitrogens with two attached hydrogens (primary N) is 1. The maximum atomic E-state index is 7.61. The van der Waals surface area contributed by atoms with E-state index in [1.165, 1.54) is 0 Å². The molecule has 3 nitrogen and oxygen atoms in total. The number of benzene rings is 2. The molecule has 2 aromatic carbocycles. The number of rotatable bonds is 3. The summed E-state index contributed by atoms with van der Waals surface area (Å²) in [6.45, 7) is 3.85. The molecule has 0 amide bonds. The van der Waals surface area contributed by atoms with Crippen LogP contribution in [0.2, 0.25) is 5.02 Å². The van der Waals surface area contributed by atoms with Gasteiger partial charge in [0.2, 0.25) is 0 Å². The van der Waals surface area contributed by atoms with Crippen LogP contribution >= 0.6 is 27.5 Å². The van der Waals surface area contributed by atoms with Gasteiger partial charge in [0.15, 0.2) is 0 Å². The van der Waals surface area contributed by atoms with Crippen LogP contribution in [-0.4, -0.2) is 5.84 Å². The average Bonchev–Trinajstić information content (AvgIpc) is 2.37. The van der Waals surface area contributed by atoms with Crippen molar-refractivity contribution in [2.24, 2.45) is 5.73 Å². The summed E-state index contributed by atoms with van der Waals surface area (Å²) in [5.74, 6) is 1.18. The van der Waals surface area contributed by atoms with Gasteiger partial charge in [-0.05, 0) is 55.3 Å². The number of hydrogen-bond donors (Lipinski definition) is 2. The fourth-order valence-corrected chi connectivity index (χ4v) is 2.36. The highest BCUT2D eigenvalue weighted by atomic mass is 79.9. The molecule has 0 fully saturated rings. The standard InChI is InChI=1S/C15H14BrClN2O/c1-8-5-11(6-9(2)14(8)17)20-13-4-3-10(16)7-12(13)15(18)19/h3-7H,1-2H3,(H3,18,19). The van der Waals surface area contributed by atoms with Gasteiger partial charge in [-0.25, -0.2) is 0 Å². The Morgan fingerprint density at radius 1 is 1.20 bits per heavy atom. The topological polar surface area (TPSA) is 59.1 Å². The average molecular weight is 354 g/mol. The maximum Gasteiger partial charge on any atom is 0.138 e. The van der Waals surface area contributed by atoms with Crippen molar-refractivity contribution in [3.63, 3.8) is 0 Å². The SMILES string of the molecule is Cc1cc(Oc2ccc(Br)cc2C(=N)N)cc(C)c1Cl. The first-order chi connectivity index (χ1) is 9.38. The van der Waals surface area contributed by atoms with Crippen molar-refractivity contribution in [1.29, 1.82) is 5.41 Å². The molecule has 0 saturated heterocycles. The molecule has 3 N–H and O–H groups in total. The zero-order chi connectivity index (χ0) is 14.9. The van der Waals surface area contributed by atoms with Crippen molar-refractivity contribution < 1.29 is 4.74 Å². The van der Waals surface area contributed by atoms with Gasteiger partial charge in [0.25, 0.3) is 0 Å². The molecule has 2 rings (SSSR count). The summed E-state index contributed by atoms with van der Waals surface area (Å²) in [4.78, 5) is 0. The molecule has 0 bridgehead atoms. The summed E-state index contributed by atoms with van der Waals surface area (Å²) in [5, 5.41) is 8.35. The number of nitrogen functional groups attached to an aromatic ring is 1. The Bertz CT molecular complexity index is 663. The Morgan fingerprint density at radius 3 is 2.35 bits per heavy atom. The van der Waals surface area contributed by atoms with E-state index in [9.17, 15) is 0 Å². The largest absolute Gasteiger partial charge is 0.457 e. The predicted molar refractivity (Wildman–Crippen MR) is 86.2 cm³/mol. The second-order valence-electron chi connectivity index (χ2n) is 4.53. The van der Waals surface area contributed by atoms with Crippen LogP contribution in [-0.2, 0) is 0 Å². The van der Waals surface area contributed by atoms with E-state index in [0.29, 0.717) is 17.1 Å². The van der Waals surface area contributed by atoms with Crippen LogP contribution in [0.25, 0.3) is 0 Å². The number of ether oxygens (including phenoxy) is 1. The minimum absolute atomic E-state index is 0.0382. The van der Waals surface area contributed by atoms with Crippen LogP contribution in [0.5, 0.6) is 11.5 Å². The molecule has 0 heterocycles. The van der Waals surface area contributed by atoms with E-state index < -0.39 is 0 Å². The summed E-state index contributed by atoms with van der Waals surface area (Å²) in [7, 11) is 0. The molecule has 0 aromatic heterocycles. The van der Waals surface area contributed by atoms with Crippen molar-refractivity contribution in [2.45, 2.75) is 13.8 Å². The molecule has 0 aliphatic carbocycles. The maximum absolute atomic E-state index is 7.61. The monoisotopic (exact) mass is 352 g/mol. The first kappa shape index (κ1) is 14.9. The quantitative estimate of drug-likeness (QED) is 0.615. The highest BCUT2D eigenvalue weighted by Crippen LogP contribution is 2.31. The van der Waals surface area contributed by atoms with Gasteiger partial charge in [-0.1, -0.05) is 27.5 Å². The Hall–Kier alpha value is -1.52. The number of aryl methyl sites for hydroxylation is 2. The molecule has 0 aliphatic rings. The number of halogens is 2. The number of hydrogen-bond acceptors (Lipinski definition) is 2. The third kappa shape index (κ3) is 3.14. The fourth-order valence-electron chi connectivity index (χ4n) is 1.89. The lowest BCUT2D eigenvalue weighted by Crippen LogP contribution is -2.12. The normalized spacial score (nSPS) is 10.4. The Morgan fingerprint density at radius 2 is 1.80 bits per heavy atom. The van der Waals surface area contributed by atoms with E-state index in [1.54, 1.807) is 12.1 Å². The molecule has 2 aromatic rings. The van der Waals surface area contributed by atoms with Crippen LogP contribution in [0.3, 0.4) is 0 Å². The van der Waals surface area contributed by atoms with Crippen molar-refractivity contribution in [3.8, 4) is 11.5 Å². The van der Waals surface area contributed by atoms with Gasteiger partial charge in [0.05, 0.1) is 5.56 Å². The molecule has 104 valence electrons. The lowest BCUT2D eigenvalue weighted by Gasteiger charge is -2.13. The van der Waals surface area contributed by atoms with Crippen LogP contribution in [0.15, 0.2) is 34.8 Å². The zero-order valence-corrected chi connectivity index (χ0v) is 13.5. The Kier molecular flexibility index (Phi) is 4.35. The van der Waals surface area contributed by atoms with Crippen LogP contribution < -0.4 is 10.5 Å². The smallest absolute Gasteiger partial charge is 0.138 e. The summed E-state index contributed by atoms with van der Waals surface area (Å²) in [6, 6.07) is 9.10. The van der Waals surface area contributed by atoms with E-state index >= 15 is 0 Å². The molecule has 0 radical (unpaired) electrons. The van der Waals surface area contributed by atoms with Gasteiger partial charge in [0.1, 0.15) is 17.3 Å². The van der Waals surface area contributed by atoms with Crippen molar-refractivity contribution in [1.82, 2.24) is 0 Å². The summed E-state index contributed by atoms with van der Waals surface area (Å²) < 4.78 is 6.69. The zero-order valence-electron chi connectivity index (χ0n) is 11.1. The van der Waals surface area contributed by atoms with Gasteiger partial charge < -0.3 is 10.5 Å². The van der Waals surface area contributed by atoms with Gasteiger partial charge in [0, 0.05) is 9.50 Å². The predicted octanol–water partition coefficient (Wildman–Crippen LogP) is 4.80. The molecule has 0 saturated carbocycles. The van der Waals surface area contributed by atoms with Crippen molar-refractivity contribution >= 4 is 33.4 Å². The first-order valence-electron chi connectivity index (χ1n) is 5.97. The van der Waals surface area contributed by atoms with Crippen LogP contribution in [0, 0.1) is 19.3 Å². The fraction of sp³-hybridized carbons (Fsp3) is 0.133. The van der Waals surface area contributed by atoms with E-state index in [0.717, 1.165) is 20.6 Å². The third-order valence-electron chi connectivity index (χ3n) is 2.87. The molecule has 20 heavy (non-hydrogen) atoms. The highest BCUT2D eigenvalue weighted by molar-refractivity contribution is 9.10. The van der Waals surface area contributed by atoms with Crippen LogP contribution in [0.1, 0.15) is 16.7 Å². The van der Waals surface area contributed by atoms with E-state index in [4.69, 9.17) is 27.5 Å². The van der Waals surface area contributed by atoms with E-state index in [2.05, 4.69) is 15.9 Å². The number of amidine groups is 1. The van der Waals surface area contributed by atoms with Gasteiger partial charge in [-0.3, -0.25) is 5.41 Å². The third-order valence-corrected chi connectivity index (χ3v) is 3.96. The van der Waals surface area contributed by atoms with Crippen molar-refractivity contribution in [2.75, 3.05) is 0 Å². The second kappa shape index (κ2) is 5.85. The number of nitrogens with one attached hydrogen (secondary N) is 1. The molecule has 5 heteroatoms. The van der Waals surface area contributed by atoms with Gasteiger partial charge in [-0.15, -0.1) is 0 Å². The molecule has 0 unspecified atom stereocenters. The minimum atomic E-state index is -0.0382. The lowest BCUT2D eigenvalue weighted by atomic mass is 10.1. The molecular formula is C15H14BrClN2O. The summed E-state index contributed by atoms with van der Waals surface area (Å²) in [5.41, 5.74) is 8.02.